The molecule has 24 heavy (non-hydrogen) atoms. The maximum Gasteiger partial charge on any atom is 0.316 e. The third-order valence-electron chi connectivity index (χ3n) is 3.30. The van der Waals surface area contributed by atoms with E-state index in [1.807, 2.05) is 60.7 Å². The third-order valence-corrected chi connectivity index (χ3v) is 3.30. The Morgan fingerprint density at radius 3 is 2.29 bits per heavy atom. The molecular weight excluding hydrogens is 306 g/mol. The average molecular weight is 323 g/mol. The van der Waals surface area contributed by atoms with Crippen LogP contribution in [0.2, 0.25) is 0 Å². The summed E-state index contributed by atoms with van der Waals surface area (Å²) in [4.78, 5) is 4.44. The third kappa shape index (κ3) is 3.68. The summed E-state index contributed by atoms with van der Waals surface area (Å²) < 4.78 is 5.79. The molecule has 6 heteroatoms. The van der Waals surface area contributed by atoms with Crippen molar-refractivity contribution >= 4 is 12.2 Å². The van der Waals surface area contributed by atoms with Gasteiger partial charge in [-0.15, -0.1) is 0 Å². The van der Waals surface area contributed by atoms with E-state index < -0.39 is 12.7 Å². The van der Waals surface area contributed by atoms with Crippen molar-refractivity contribution < 1.29 is 14.6 Å². The van der Waals surface area contributed by atoms with Crippen molar-refractivity contribution in [3.63, 3.8) is 0 Å². The van der Waals surface area contributed by atoms with Crippen molar-refractivity contribution in [2.45, 2.75) is 6.10 Å². The first kappa shape index (κ1) is 15.9. The van der Waals surface area contributed by atoms with Gasteiger partial charge in [0.2, 0.25) is 0 Å². The number of hydrazone groups is 1. The Morgan fingerprint density at radius 1 is 1.04 bits per heavy atom. The van der Waals surface area contributed by atoms with Crippen molar-refractivity contribution in [2.24, 2.45) is 5.10 Å². The van der Waals surface area contributed by atoms with Gasteiger partial charge in [0.1, 0.15) is 11.8 Å². The minimum Gasteiger partial charge on any atom is -0.422 e. The Hall–Kier alpha value is -2.96. The van der Waals surface area contributed by atoms with Crippen LogP contribution in [0.3, 0.4) is 0 Å². The zero-order valence-corrected chi connectivity index (χ0v) is 12.8. The van der Waals surface area contributed by atoms with E-state index in [9.17, 15) is 5.11 Å². The lowest BCUT2D eigenvalue weighted by atomic mass is 10.1. The molecule has 122 valence electrons. The zero-order chi connectivity index (χ0) is 16.8. The van der Waals surface area contributed by atoms with Gasteiger partial charge in [-0.3, -0.25) is 0 Å². The molecule has 0 aliphatic heterocycles. The molecule has 3 aromatic rings. The molecular formula is C18H17N3O3. The van der Waals surface area contributed by atoms with Crippen molar-refractivity contribution in [3.05, 3.63) is 60.7 Å². The minimum atomic E-state index is -1.03. The van der Waals surface area contributed by atoms with Gasteiger partial charge in [-0.25, -0.2) is 5.43 Å². The molecule has 0 spiro atoms. The Bertz CT molecular complexity index is 744. The quantitative estimate of drug-likeness (QED) is 0.479. The van der Waals surface area contributed by atoms with Crippen LogP contribution >= 0.6 is 0 Å². The number of aliphatic hydroxyl groups is 2. The second kappa shape index (κ2) is 7.54. The molecule has 0 aliphatic rings. The zero-order valence-electron chi connectivity index (χ0n) is 12.8. The Kier molecular flexibility index (Phi) is 5.00. The van der Waals surface area contributed by atoms with Crippen LogP contribution in [0.25, 0.3) is 22.6 Å². The van der Waals surface area contributed by atoms with Gasteiger partial charge in [-0.1, -0.05) is 60.7 Å². The maximum absolute atomic E-state index is 9.26. The lowest BCUT2D eigenvalue weighted by Crippen LogP contribution is -2.13. The number of nitrogens with zero attached hydrogens (tertiary/aromatic N) is 2. The highest BCUT2D eigenvalue weighted by molar-refractivity contribution is 5.78. The molecule has 0 aliphatic carbocycles. The summed E-state index contributed by atoms with van der Waals surface area (Å²) in [5.41, 5.74) is 5.15. The van der Waals surface area contributed by atoms with Crippen LogP contribution in [-0.2, 0) is 0 Å². The molecule has 1 heterocycles. The number of aliphatic hydroxyl groups excluding tert-OH is 2. The topological polar surface area (TPSA) is 90.9 Å². The summed E-state index contributed by atoms with van der Waals surface area (Å²) in [6.07, 6.45) is 0.142. The van der Waals surface area contributed by atoms with Gasteiger partial charge in [0.15, 0.2) is 5.76 Å². The molecule has 0 bridgehead atoms. The molecule has 3 N–H and O–H groups in total. The molecule has 6 nitrogen and oxygen atoms in total. The molecule has 0 saturated carbocycles. The van der Waals surface area contributed by atoms with Crippen molar-refractivity contribution in [1.82, 2.24) is 4.98 Å². The average Bonchev–Trinajstić information content (AvgIpc) is 3.07. The Balaban J connectivity index is 1.96. The van der Waals surface area contributed by atoms with E-state index in [1.165, 1.54) is 6.21 Å². The first-order chi connectivity index (χ1) is 11.8. The lowest BCUT2D eigenvalue weighted by molar-refractivity contribution is 0.148. The SMILES string of the molecule is OCC(O)/C=N/Nc1nc(-c2ccccc2)c(-c2ccccc2)o1. The number of hydrogen-bond acceptors (Lipinski definition) is 6. The summed E-state index contributed by atoms with van der Waals surface area (Å²) in [5, 5.41) is 21.8. The van der Waals surface area contributed by atoms with E-state index in [0.717, 1.165) is 11.1 Å². The van der Waals surface area contributed by atoms with Crippen LogP contribution in [0, 0.1) is 0 Å². The number of oxazole rings is 1. The standard InChI is InChI=1S/C18H17N3O3/c22-12-15(23)11-19-21-18-20-16(13-7-3-1-4-8-13)17(24-18)14-9-5-2-6-10-14/h1-11,15,22-23H,12H2,(H,20,21)/b19-11+. The highest BCUT2D eigenvalue weighted by Gasteiger charge is 2.16. The molecule has 0 fully saturated rings. The first-order valence-corrected chi connectivity index (χ1v) is 7.47. The van der Waals surface area contributed by atoms with Gasteiger partial charge in [-0.05, 0) is 0 Å². The van der Waals surface area contributed by atoms with Crippen LogP contribution in [-0.4, -0.2) is 34.1 Å². The highest BCUT2D eigenvalue weighted by Crippen LogP contribution is 2.34. The molecule has 3 rings (SSSR count). The fourth-order valence-electron chi connectivity index (χ4n) is 2.17. The lowest BCUT2D eigenvalue weighted by Gasteiger charge is -2.00. The summed E-state index contributed by atoms with van der Waals surface area (Å²) in [6.45, 7) is -0.401. The maximum atomic E-state index is 9.26. The molecule has 1 unspecified atom stereocenters. The second-order valence-corrected chi connectivity index (χ2v) is 5.07. The molecule has 1 atom stereocenters. The van der Waals surface area contributed by atoms with Crippen LogP contribution in [0.15, 0.2) is 70.2 Å². The molecule has 0 saturated heterocycles. The number of nitrogens with one attached hydrogen (secondary N) is 1. The van der Waals surface area contributed by atoms with E-state index in [4.69, 9.17) is 9.52 Å². The van der Waals surface area contributed by atoms with Gasteiger partial charge >= 0.3 is 6.01 Å². The fraction of sp³-hybridized carbons (Fsp3) is 0.111. The van der Waals surface area contributed by atoms with Crippen LogP contribution < -0.4 is 5.43 Å². The van der Waals surface area contributed by atoms with Crippen LogP contribution in [0.5, 0.6) is 0 Å². The van der Waals surface area contributed by atoms with Crippen LogP contribution in [0.1, 0.15) is 0 Å². The number of aromatic nitrogens is 1. The largest absolute Gasteiger partial charge is 0.422 e. The molecule has 2 aromatic carbocycles. The van der Waals surface area contributed by atoms with Gasteiger partial charge in [0, 0.05) is 11.1 Å². The van der Waals surface area contributed by atoms with E-state index in [0.29, 0.717) is 11.5 Å². The summed E-state index contributed by atoms with van der Waals surface area (Å²) >= 11 is 0. The monoisotopic (exact) mass is 323 g/mol. The number of benzene rings is 2. The van der Waals surface area contributed by atoms with Gasteiger partial charge in [-0.2, -0.15) is 10.1 Å². The summed E-state index contributed by atoms with van der Waals surface area (Å²) in [7, 11) is 0. The predicted octanol–water partition coefficient (Wildman–Crippen LogP) is 2.76. The van der Waals surface area contributed by atoms with Crippen molar-refractivity contribution in [2.75, 3.05) is 12.0 Å². The van der Waals surface area contributed by atoms with Crippen molar-refractivity contribution in [3.8, 4) is 22.6 Å². The molecule has 1 aromatic heterocycles. The smallest absolute Gasteiger partial charge is 0.316 e. The van der Waals surface area contributed by atoms with Gasteiger partial charge in [0.25, 0.3) is 0 Å². The van der Waals surface area contributed by atoms with Crippen LogP contribution in [0.4, 0.5) is 6.01 Å². The summed E-state index contributed by atoms with van der Waals surface area (Å²) in [6, 6.07) is 19.6. The van der Waals surface area contributed by atoms with E-state index >= 15 is 0 Å². The van der Waals surface area contributed by atoms with Crippen molar-refractivity contribution in [1.29, 1.82) is 0 Å². The highest BCUT2D eigenvalue weighted by atomic mass is 16.4. The van der Waals surface area contributed by atoms with Gasteiger partial charge < -0.3 is 14.6 Å². The van der Waals surface area contributed by atoms with E-state index in [-0.39, 0.29) is 6.01 Å². The van der Waals surface area contributed by atoms with Gasteiger partial charge in [0.05, 0.1) is 12.8 Å². The minimum absolute atomic E-state index is 0.203. The second-order valence-electron chi connectivity index (χ2n) is 5.07. The number of rotatable bonds is 6. The number of hydrogen-bond donors (Lipinski definition) is 3. The number of anilines is 1. The van der Waals surface area contributed by atoms with E-state index in [2.05, 4.69) is 15.5 Å². The Morgan fingerprint density at radius 2 is 1.67 bits per heavy atom. The first-order valence-electron chi connectivity index (χ1n) is 7.47. The fourth-order valence-corrected chi connectivity index (χ4v) is 2.17. The molecule has 0 amide bonds. The predicted molar refractivity (Wildman–Crippen MR) is 92.6 cm³/mol. The normalized spacial score (nSPS) is 12.4. The van der Waals surface area contributed by atoms with E-state index in [1.54, 1.807) is 0 Å². The Labute approximate surface area is 139 Å². The summed E-state index contributed by atoms with van der Waals surface area (Å²) in [5.74, 6) is 0.627. The molecule has 0 radical (unpaired) electrons.